The lowest BCUT2D eigenvalue weighted by Gasteiger charge is -2.32. The maximum absolute atomic E-state index is 14.1. The van der Waals surface area contributed by atoms with Crippen molar-refractivity contribution in [3.05, 3.63) is 94.1 Å². The molecule has 4 aromatic rings. The molecule has 0 saturated heterocycles. The van der Waals surface area contributed by atoms with E-state index < -0.39 is 0 Å². The Labute approximate surface area is 220 Å². The van der Waals surface area contributed by atoms with Gasteiger partial charge in [0, 0.05) is 29.7 Å². The Morgan fingerprint density at radius 1 is 0.973 bits per heavy atom. The second kappa shape index (κ2) is 9.61. The average molecular weight is 515 g/mol. The van der Waals surface area contributed by atoms with Crippen LogP contribution in [-0.2, 0) is 19.5 Å². The first-order chi connectivity index (χ1) is 18.1. The van der Waals surface area contributed by atoms with E-state index in [9.17, 15) is 4.79 Å². The van der Waals surface area contributed by atoms with Crippen molar-refractivity contribution in [1.29, 1.82) is 0 Å². The number of methoxy groups -OCH3 is 2. The Morgan fingerprint density at radius 3 is 2.57 bits per heavy atom. The van der Waals surface area contributed by atoms with Gasteiger partial charge in [-0.05, 0) is 61.0 Å². The molecule has 4 heterocycles. The average Bonchev–Trinajstić information content (AvgIpc) is 3.50. The van der Waals surface area contributed by atoms with Crippen molar-refractivity contribution in [2.75, 3.05) is 33.1 Å². The number of fused-ring (bicyclic) bond motifs is 5. The largest absolute Gasteiger partial charge is 0.497 e. The van der Waals surface area contributed by atoms with Crippen LogP contribution in [0.5, 0.6) is 11.5 Å². The third kappa shape index (κ3) is 4.16. The predicted octanol–water partition coefficient (Wildman–Crippen LogP) is 5.68. The highest BCUT2D eigenvalue weighted by Gasteiger charge is 2.36. The monoisotopic (exact) mass is 514 g/mol. The van der Waals surface area contributed by atoms with Gasteiger partial charge in [0.05, 0.1) is 38.2 Å². The smallest absolute Gasteiger partial charge is 0.323 e. The van der Waals surface area contributed by atoms with Crippen molar-refractivity contribution < 1.29 is 14.3 Å². The van der Waals surface area contributed by atoms with Crippen molar-refractivity contribution in [3.63, 3.8) is 0 Å². The molecule has 2 amide bonds. The van der Waals surface area contributed by atoms with Crippen LogP contribution in [-0.4, -0.2) is 48.2 Å². The fourth-order valence-corrected chi connectivity index (χ4v) is 6.87. The summed E-state index contributed by atoms with van der Waals surface area (Å²) in [6.45, 7) is 2.48. The molecule has 2 aliphatic heterocycles. The van der Waals surface area contributed by atoms with Crippen LogP contribution >= 0.6 is 11.3 Å². The molecule has 2 aromatic heterocycles. The van der Waals surface area contributed by atoms with E-state index in [2.05, 4.69) is 40.2 Å². The number of hydrogen-bond acceptors (Lipinski definition) is 5. The van der Waals surface area contributed by atoms with E-state index in [0.717, 1.165) is 36.5 Å². The Kier molecular flexibility index (Phi) is 6.14. The number of carbonyl (C=O) groups is 1. The molecule has 0 aliphatic carbocycles. The topological polar surface area (TPSA) is 59.0 Å². The summed E-state index contributed by atoms with van der Waals surface area (Å²) in [5, 5.41) is 4.35. The van der Waals surface area contributed by atoms with E-state index in [1.807, 2.05) is 64.8 Å². The second-order valence-corrected chi connectivity index (χ2v) is 10.6. The lowest BCUT2D eigenvalue weighted by Crippen LogP contribution is -2.38. The summed E-state index contributed by atoms with van der Waals surface area (Å²) in [6, 6.07) is 19.3. The van der Waals surface area contributed by atoms with Gasteiger partial charge in [-0.3, -0.25) is 0 Å². The number of amides is 2. The van der Waals surface area contributed by atoms with Crippen molar-refractivity contribution in [3.8, 4) is 16.5 Å². The van der Waals surface area contributed by atoms with Crippen molar-refractivity contribution in [2.45, 2.75) is 25.6 Å². The lowest BCUT2D eigenvalue weighted by atomic mass is 10.00. The predicted molar refractivity (Wildman–Crippen MR) is 146 cm³/mol. The summed E-state index contributed by atoms with van der Waals surface area (Å²) in [5.74, 6) is 1.42. The summed E-state index contributed by atoms with van der Waals surface area (Å²) in [4.78, 5) is 19.8. The molecule has 6 rings (SSSR count). The number of thiophene rings is 1. The Bertz CT molecular complexity index is 1440. The van der Waals surface area contributed by atoms with Crippen LogP contribution in [0, 0.1) is 0 Å². The molecule has 0 radical (unpaired) electrons. The number of anilines is 1. The molecule has 0 saturated carbocycles. The zero-order valence-electron chi connectivity index (χ0n) is 21.2. The van der Waals surface area contributed by atoms with Gasteiger partial charge in [0.1, 0.15) is 16.5 Å². The molecular weight excluding hydrogens is 484 g/mol. The molecule has 37 heavy (non-hydrogen) atoms. The molecule has 2 aliphatic rings. The lowest BCUT2D eigenvalue weighted by molar-refractivity contribution is 0.194. The van der Waals surface area contributed by atoms with Crippen LogP contribution in [0.3, 0.4) is 0 Å². The third-order valence-electron chi connectivity index (χ3n) is 7.30. The van der Waals surface area contributed by atoms with E-state index in [1.165, 1.54) is 21.0 Å². The number of rotatable bonds is 4. The highest BCUT2D eigenvalue weighted by atomic mass is 32.1. The zero-order chi connectivity index (χ0) is 25.5. The number of benzene rings is 2. The first kappa shape index (κ1) is 23.6. The summed E-state index contributed by atoms with van der Waals surface area (Å²) in [5.41, 5.74) is 5.38. The maximum Gasteiger partial charge on any atom is 0.323 e. The van der Waals surface area contributed by atoms with Gasteiger partial charge in [0.25, 0.3) is 0 Å². The van der Waals surface area contributed by atoms with Gasteiger partial charge in [-0.2, -0.15) is 0 Å². The Hall–Kier alpha value is -3.75. The molecule has 190 valence electrons. The van der Waals surface area contributed by atoms with E-state index >= 15 is 0 Å². The van der Waals surface area contributed by atoms with Crippen LogP contribution in [0.15, 0.2) is 66.9 Å². The fourth-order valence-electron chi connectivity index (χ4n) is 5.42. The Morgan fingerprint density at radius 2 is 1.78 bits per heavy atom. The fraction of sp³-hybridized carbons (Fsp3) is 0.276. The van der Waals surface area contributed by atoms with Crippen LogP contribution in [0.25, 0.3) is 5.00 Å². The summed E-state index contributed by atoms with van der Waals surface area (Å²) >= 11 is 1.85. The number of nitrogens with zero attached hydrogens (tertiary/aromatic N) is 3. The van der Waals surface area contributed by atoms with Crippen molar-refractivity contribution in [1.82, 2.24) is 14.4 Å². The number of urea groups is 1. The van der Waals surface area contributed by atoms with E-state index in [0.29, 0.717) is 18.0 Å². The standard InChI is InChI=1S/C29H30N4O3S/c1-31-16-14-21-22-17-33(29(34)30-23-7-4-5-9-25(23)36-3)27(19-10-12-20(35-2)13-11-19)24-8-6-15-32(24)28(22)37-26(21)18-31/h4-13,15,27H,14,16-18H2,1-3H3,(H,30,34). The minimum atomic E-state index is -0.280. The van der Waals surface area contributed by atoms with Gasteiger partial charge in [-0.1, -0.05) is 24.3 Å². The Balaban J connectivity index is 1.49. The van der Waals surface area contributed by atoms with Crippen molar-refractivity contribution in [2.24, 2.45) is 0 Å². The summed E-state index contributed by atoms with van der Waals surface area (Å²) < 4.78 is 13.2. The number of likely N-dealkylation sites (N-methyl/N-ethyl adjacent to an activating group) is 1. The molecule has 8 heteroatoms. The molecule has 0 fully saturated rings. The quantitative estimate of drug-likeness (QED) is 0.381. The highest BCUT2D eigenvalue weighted by molar-refractivity contribution is 7.15. The number of carbonyl (C=O) groups excluding carboxylic acids is 1. The van der Waals surface area contributed by atoms with Gasteiger partial charge in [-0.25, -0.2) is 4.79 Å². The SMILES string of the molecule is COc1ccc(C2c3cccn3-c3sc4c(c3CN2C(=O)Nc2ccccc2OC)CCN(C)C4)cc1. The van der Waals surface area contributed by atoms with E-state index in [1.54, 1.807) is 14.2 Å². The molecule has 0 spiro atoms. The molecular formula is C29H30N4O3S. The molecule has 0 bridgehead atoms. The number of aromatic nitrogens is 1. The number of hydrogen-bond donors (Lipinski definition) is 1. The van der Waals surface area contributed by atoms with Gasteiger partial charge in [-0.15, -0.1) is 11.3 Å². The minimum Gasteiger partial charge on any atom is -0.497 e. The number of para-hydroxylation sites is 2. The van der Waals surface area contributed by atoms with Crippen LogP contribution in [0.2, 0.25) is 0 Å². The number of ether oxygens (including phenoxy) is 2. The molecule has 7 nitrogen and oxygen atoms in total. The third-order valence-corrected chi connectivity index (χ3v) is 8.55. The van der Waals surface area contributed by atoms with Gasteiger partial charge < -0.3 is 29.2 Å². The highest BCUT2D eigenvalue weighted by Crippen LogP contribution is 2.44. The van der Waals surface area contributed by atoms with Gasteiger partial charge >= 0.3 is 6.03 Å². The molecule has 2 aromatic carbocycles. The van der Waals surface area contributed by atoms with Crippen LogP contribution < -0.4 is 14.8 Å². The van der Waals surface area contributed by atoms with Crippen LogP contribution in [0.4, 0.5) is 10.5 Å². The summed E-state index contributed by atoms with van der Waals surface area (Å²) in [7, 11) is 5.45. The molecule has 1 atom stereocenters. The first-order valence-electron chi connectivity index (χ1n) is 12.4. The van der Waals surface area contributed by atoms with Crippen LogP contribution in [0.1, 0.15) is 33.3 Å². The normalized spacial score (nSPS) is 16.8. The van der Waals surface area contributed by atoms with Gasteiger partial charge in [0.2, 0.25) is 0 Å². The minimum absolute atomic E-state index is 0.168. The first-order valence-corrected chi connectivity index (χ1v) is 13.2. The van der Waals surface area contributed by atoms with E-state index in [4.69, 9.17) is 9.47 Å². The maximum atomic E-state index is 14.1. The summed E-state index contributed by atoms with van der Waals surface area (Å²) in [6.07, 6.45) is 3.11. The zero-order valence-corrected chi connectivity index (χ0v) is 22.0. The van der Waals surface area contributed by atoms with E-state index in [-0.39, 0.29) is 12.1 Å². The van der Waals surface area contributed by atoms with Crippen molar-refractivity contribution >= 4 is 23.1 Å². The molecule has 1 unspecified atom stereocenters. The number of nitrogens with one attached hydrogen (secondary N) is 1. The second-order valence-electron chi connectivity index (χ2n) is 9.51. The molecule has 1 N–H and O–H groups in total. The van der Waals surface area contributed by atoms with Gasteiger partial charge in [0.15, 0.2) is 0 Å².